The lowest BCUT2D eigenvalue weighted by Gasteiger charge is -2.12. The van der Waals surface area contributed by atoms with Gasteiger partial charge >= 0.3 is 0 Å². The Morgan fingerprint density at radius 2 is 1.75 bits per heavy atom. The van der Waals surface area contributed by atoms with Gasteiger partial charge in [-0.25, -0.2) is 19.9 Å². The summed E-state index contributed by atoms with van der Waals surface area (Å²) < 4.78 is 6.02. The summed E-state index contributed by atoms with van der Waals surface area (Å²) in [5, 5.41) is 4.22. The molecule has 2 aromatic carbocycles. The number of hydrogen-bond donors (Lipinski definition) is 1. The highest BCUT2D eigenvalue weighted by Gasteiger charge is 2.15. The maximum atomic E-state index is 6.02. The largest absolute Gasteiger partial charge is 0.489 e. The van der Waals surface area contributed by atoms with Crippen LogP contribution in [0.25, 0.3) is 33.3 Å². The van der Waals surface area contributed by atoms with Gasteiger partial charge in [-0.3, -0.25) is 4.98 Å². The minimum atomic E-state index is 0.522. The number of rotatable bonds is 9. The zero-order valence-electron chi connectivity index (χ0n) is 20.2. The molecule has 0 atom stereocenters. The van der Waals surface area contributed by atoms with Gasteiger partial charge in [-0.05, 0) is 48.7 Å². The van der Waals surface area contributed by atoms with E-state index in [0.29, 0.717) is 18.1 Å². The van der Waals surface area contributed by atoms with Crippen molar-refractivity contribution >= 4 is 16.5 Å². The van der Waals surface area contributed by atoms with Crippen LogP contribution in [0.5, 0.6) is 5.75 Å². The van der Waals surface area contributed by atoms with Crippen LogP contribution < -0.4 is 10.1 Å². The van der Waals surface area contributed by atoms with Crippen molar-refractivity contribution in [1.29, 1.82) is 0 Å². The first kappa shape index (κ1) is 23.6. The second kappa shape index (κ2) is 11.0. The van der Waals surface area contributed by atoms with E-state index in [0.717, 1.165) is 56.8 Å². The third-order valence-electron chi connectivity index (χ3n) is 5.52. The van der Waals surface area contributed by atoms with Gasteiger partial charge in [0, 0.05) is 30.7 Å². The molecule has 7 nitrogen and oxygen atoms in total. The van der Waals surface area contributed by atoms with E-state index in [1.807, 2.05) is 48.7 Å². The topological polar surface area (TPSA) is 85.7 Å². The van der Waals surface area contributed by atoms with Crippen molar-refractivity contribution in [2.45, 2.75) is 26.9 Å². The highest BCUT2D eigenvalue weighted by atomic mass is 32.1. The molecule has 0 bridgehead atoms. The molecule has 0 saturated heterocycles. The molecule has 3 aromatic heterocycles. The molecular formula is C28H26N6OS. The second-order valence-corrected chi connectivity index (χ2v) is 9.29. The third kappa shape index (κ3) is 5.55. The van der Waals surface area contributed by atoms with Crippen LogP contribution in [-0.2, 0) is 6.61 Å². The summed E-state index contributed by atoms with van der Waals surface area (Å²) in [6, 6.07) is 18.2. The van der Waals surface area contributed by atoms with Gasteiger partial charge in [0.05, 0.1) is 22.5 Å². The molecule has 5 rings (SSSR count). The number of nitrogens with one attached hydrogen (secondary N) is 1. The van der Waals surface area contributed by atoms with Gasteiger partial charge in [0.2, 0.25) is 0 Å². The molecule has 1 N–H and O–H groups in total. The number of thiazole rings is 1. The predicted octanol–water partition coefficient (Wildman–Crippen LogP) is 6.43. The van der Waals surface area contributed by atoms with Gasteiger partial charge in [0.15, 0.2) is 11.0 Å². The van der Waals surface area contributed by atoms with E-state index in [1.54, 1.807) is 29.9 Å². The average Bonchev–Trinajstić information content (AvgIpc) is 3.41. The lowest BCUT2D eigenvalue weighted by molar-refractivity contribution is 0.306. The molecule has 36 heavy (non-hydrogen) atoms. The Kier molecular flexibility index (Phi) is 7.23. The van der Waals surface area contributed by atoms with E-state index in [9.17, 15) is 0 Å². The summed E-state index contributed by atoms with van der Waals surface area (Å²) in [5.41, 5.74) is 5.42. The van der Waals surface area contributed by atoms with E-state index in [-0.39, 0.29) is 0 Å². The molecular weight excluding hydrogens is 468 g/mol. The molecule has 0 amide bonds. The van der Waals surface area contributed by atoms with Crippen LogP contribution in [0.15, 0.2) is 79.4 Å². The molecule has 3 heterocycles. The predicted molar refractivity (Wildman–Crippen MR) is 144 cm³/mol. The number of hydrogen-bond acceptors (Lipinski definition) is 8. The lowest BCUT2D eigenvalue weighted by Crippen LogP contribution is -1.99. The summed E-state index contributed by atoms with van der Waals surface area (Å²) >= 11 is 1.58. The van der Waals surface area contributed by atoms with Crippen LogP contribution in [0, 0.1) is 6.92 Å². The Labute approximate surface area is 214 Å². The molecule has 0 aliphatic carbocycles. The SMILES string of the molecule is CCCNc1ncc(-c2cc(-c3ccc(OCc4ccccc4)cc3C)nc(-c3cnccn3)n2)s1. The van der Waals surface area contributed by atoms with Crippen LogP contribution in [0.3, 0.4) is 0 Å². The number of nitrogens with zero attached hydrogens (tertiary/aromatic N) is 5. The van der Waals surface area contributed by atoms with Crippen molar-refractivity contribution in [3.8, 4) is 39.1 Å². The fraction of sp³-hybridized carbons (Fsp3) is 0.179. The minimum absolute atomic E-state index is 0.522. The highest BCUT2D eigenvalue weighted by molar-refractivity contribution is 7.18. The van der Waals surface area contributed by atoms with Crippen LogP contribution in [0.4, 0.5) is 5.13 Å². The number of anilines is 1. The Bertz CT molecular complexity index is 1440. The van der Waals surface area contributed by atoms with Gasteiger partial charge in [-0.15, -0.1) is 0 Å². The zero-order valence-corrected chi connectivity index (χ0v) is 21.0. The molecule has 0 aliphatic rings. The molecule has 5 aromatic rings. The summed E-state index contributed by atoms with van der Waals surface area (Å²) in [6.45, 7) is 5.60. The number of benzene rings is 2. The standard InChI is InChI=1S/C28H26N6OS/c1-3-11-31-28-32-17-26(36-28)24-15-23(33-27(34-24)25-16-29-12-13-30-25)22-10-9-21(14-19(22)2)35-18-20-7-5-4-6-8-20/h4-10,12-17H,3,11,18H2,1-2H3,(H,31,32). The Hall–Kier alpha value is -4.17. The normalized spacial score (nSPS) is 10.8. The molecule has 0 radical (unpaired) electrons. The molecule has 8 heteroatoms. The van der Waals surface area contributed by atoms with Gasteiger partial charge in [-0.1, -0.05) is 48.6 Å². The van der Waals surface area contributed by atoms with Crippen molar-refractivity contribution in [1.82, 2.24) is 24.9 Å². The summed E-state index contributed by atoms with van der Waals surface area (Å²) in [5.74, 6) is 1.34. The highest BCUT2D eigenvalue weighted by Crippen LogP contribution is 2.33. The minimum Gasteiger partial charge on any atom is -0.489 e. The van der Waals surface area contributed by atoms with E-state index >= 15 is 0 Å². The molecule has 180 valence electrons. The zero-order chi connectivity index (χ0) is 24.7. The van der Waals surface area contributed by atoms with Gasteiger partial charge in [-0.2, -0.15) is 0 Å². The van der Waals surface area contributed by atoms with E-state index in [2.05, 4.69) is 46.2 Å². The van der Waals surface area contributed by atoms with E-state index in [1.165, 1.54) is 0 Å². The Morgan fingerprint density at radius 1 is 0.889 bits per heavy atom. The fourth-order valence-electron chi connectivity index (χ4n) is 3.70. The van der Waals surface area contributed by atoms with Crippen molar-refractivity contribution in [2.75, 3.05) is 11.9 Å². The van der Waals surface area contributed by atoms with Crippen LogP contribution in [0.1, 0.15) is 24.5 Å². The third-order valence-corrected chi connectivity index (χ3v) is 6.50. The summed E-state index contributed by atoms with van der Waals surface area (Å²) in [6.07, 6.45) is 7.85. The van der Waals surface area contributed by atoms with Crippen molar-refractivity contribution in [2.24, 2.45) is 0 Å². The first-order chi connectivity index (χ1) is 17.7. The molecule has 0 unspecified atom stereocenters. The monoisotopic (exact) mass is 494 g/mol. The van der Waals surface area contributed by atoms with Crippen molar-refractivity contribution in [3.05, 3.63) is 90.5 Å². The Balaban J connectivity index is 1.48. The number of aryl methyl sites for hydroxylation is 1. The average molecular weight is 495 g/mol. The summed E-state index contributed by atoms with van der Waals surface area (Å²) in [4.78, 5) is 23.8. The second-order valence-electron chi connectivity index (χ2n) is 8.26. The smallest absolute Gasteiger partial charge is 0.183 e. The number of ether oxygens (including phenoxy) is 1. The van der Waals surface area contributed by atoms with E-state index < -0.39 is 0 Å². The number of aromatic nitrogens is 5. The van der Waals surface area contributed by atoms with Gasteiger partial charge < -0.3 is 10.1 Å². The maximum Gasteiger partial charge on any atom is 0.183 e. The first-order valence-electron chi connectivity index (χ1n) is 11.8. The quantitative estimate of drug-likeness (QED) is 0.253. The molecule has 0 aliphatic heterocycles. The molecule has 0 saturated carbocycles. The first-order valence-corrected chi connectivity index (χ1v) is 12.6. The fourth-order valence-corrected chi connectivity index (χ4v) is 4.50. The van der Waals surface area contributed by atoms with Crippen LogP contribution >= 0.6 is 11.3 Å². The van der Waals surface area contributed by atoms with Crippen molar-refractivity contribution < 1.29 is 4.74 Å². The summed E-state index contributed by atoms with van der Waals surface area (Å²) in [7, 11) is 0. The van der Waals surface area contributed by atoms with Gasteiger partial charge in [0.25, 0.3) is 0 Å². The van der Waals surface area contributed by atoms with Crippen molar-refractivity contribution in [3.63, 3.8) is 0 Å². The van der Waals surface area contributed by atoms with Gasteiger partial charge in [0.1, 0.15) is 18.1 Å². The molecule has 0 spiro atoms. The van der Waals surface area contributed by atoms with Crippen LogP contribution in [0.2, 0.25) is 0 Å². The molecule has 0 fully saturated rings. The lowest BCUT2D eigenvalue weighted by atomic mass is 10.0. The van der Waals surface area contributed by atoms with E-state index in [4.69, 9.17) is 14.7 Å². The Morgan fingerprint density at radius 3 is 2.53 bits per heavy atom. The maximum absolute atomic E-state index is 6.02. The van der Waals surface area contributed by atoms with Crippen LogP contribution in [-0.4, -0.2) is 31.5 Å².